The third-order valence-corrected chi connectivity index (χ3v) is 1.35. The van der Waals surface area contributed by atoms with E-state index in [4.69, 9.17) is 21.7 Å². The maximum Gasteiger partial charge on any atom is 0.211 e. The van der Waals surface area contributed by atoms with Crippen molar-refractivity contribution in [3.63, 3.8) is 0 Å². The van der Waals surface area contributed by atoms with E-state index in [1.165, 1.54) is 0 Å². The second-order valence-corrected chi connectivity index (χ2v) is 3.23. The van der Waals surface area contributed by atoms with Crippen LogP contribution in [0.25, 0.3) is 0 Å². The highest BCUT2D eigenvalue weighted by atomic mass is 32.1. The lowest BCUT2D eigenvalue weighted by molar-refractivity contribution is -0.114. The predicted octanol–water partition coefficient (Wildman–Crippen LogP) is 0.733. The van der Waals surface area contributed by atoms with Gasteiger partial charge >= 0.3 is 0 Å². The molecule has 0 rings (SSSR count). The fraction of sp³-hybridized carbons (Fsp3) is 0.667. The van der Waals surface area contributed by atoms with Crippen molar-refractivity contribution in [2.75, 3.05) is 25.6 Å². The molecule has 0 aromatic carbocycles. The molecule has 0 spiro atoms. The van der Waals surface area contributed by atoms with Crippen LogP contribution in [0.2, 0.25) is 0 Å². The van der Waals surface area contributed by atoms with Crippen LogP contribution in [-0.4, -0.2) is 35.7 Å². The molecule has 0 unspecified atom stereocenters. The second-order valence-electron chi connectivity index (χ2n) is 1.83. The molecule has 6 heteroatoms. The van der Waals surface area contributed by atoms with Crippen LogP contribution in [0.1, 0.15) is 0 Å². The van der Waals surface area contributed by atoms with Crippen LogP contribution >= 0.6 is 37.5 Å². The Bertz CT molecular complexity index is 160. The highest BCUT2D eigenvalue weighted by molar-refractivity contribution is 7.96. The van der Waals surface area contributed by atoms with E-state index in [0.717, 1.165) is 0 Å². The molecular weight excluding hydrogens is 216 g/mol. The third-order valence-electron chi connectivity index (χ3n) is 0.800. The molecule has 3 nitrogen and oxygen atoms in total. The van der Waals surface area contributed by atoms with Gasteiger partial charge in [-0.3, -0.25) is 4.79 Å². The molecule has 0 amide bonds. The number of carbonyl (C=O) groups excluding carboxylic acids is 1. The first kappa shape index (κ1) is 12.2. The first-order valence-electron chi connectivity index (χ1n) is 3.23. The van der Waals surface area contributed by atoms with Gasteiger partial charge in [-0.25, -0.2) is 0 Å². The molecule has 0 fully saturated rings. The summed E-state index contributed by atoms with van der Waals surface area (Å²) >= 11 is 12.2. The maximum absolute atomic E-state index is 10.3. The number of thiocarbonyl (C=S) groups is 1. The Morgan fingerprint density at radius 2 is 2.08 bits per heavy atom. The Balaban J connectivity index is 3.25. The van der Waals surface area contributed by atoms with Crippen LogP contribution in [0.15, 0.2) is 0 Å². The lowest BCUT2D eigenvalue weighted by atomic mass is 10.7. The maximum atomic E-state index is 10.3. The van der Waals surface area contributed by atoms with E-state index < -0.39 is 0 Å². The van der Waals surface area contributed by atoms with Crippen molar-refractivity contribution >= 4 is 47.6 Å². The van der Waals surface area contributed by atoms with Gasteiger partial charge in [-0.05, 0) is 12.2 Å². The van der Waals surface area contributed by atoms with Gasteiger partial charge in [0.15, 0.2) is 5.05 Å². The van der Waals surface area contributed by atoms with Gasteiger partial charge in [-0.1, -0.05) is 0 Å². The van der Waals surface area contributed by atoms with Gasteiger partial charge in [-0.15, -0.1) is 12.6 Å². The van der Waals surface area contributed by atoms with Gasteiger partial charge in [0.25, 0.3) is 0 Å². The average molecular weight is 226 g/mol. The van der Waals surface area contributed by atoms with E-state index in [2.05, 4.69) is 25.3 Å². The molecule has 0 radical (unpaired) electrons. The second kappa shape index (κ2) is 7.85. The van der Waals surface area contributed by atoms with Crippen molar-refractivity contribution in [1.82, 2.24) is 0 Å². The molecule has 0 N–H and O–H groups in total. The highest BCUT2D eigenvalue weighted by Crippen LogP contribution is 1.88. The Hall–Kier alpha value is 0.220. The van der Waals surface area contributed by atoms with Crippen molar-refractivity contribution in [2.24, 2.45) is 0 Å². The Morgan fingerprint density at radius 3 is 2.58 bits per heavy atom. The largest absolute Gasteiger partial charge is 0.484 e. The molecule has 0 heterocycles. The fourth-order valence-corrected chi connectivity index (χ4v) is 0.772. The van der Waals surface area contributed by atoms with E-state index in [-0.39, 0.29) is 18.3 Å². The summed E-state index contributed by atoms with van der Waals surface area (Å²) in [5.74, 6) is 0.603. The first-order valence-corrected chi connectivity index (χ1v) is 4.71. The van der Waals surface area contributed by atoms with Gasteiger partial charge in [0.2, 0.25) is 5.12 Å². The SMILES string of the molecule is O=C(S)COCC(=S)OCCS. The minimum Gasteiger partial charge on any atom is -0.484 e. The topological polar surface area (TPSA) is 35.5 Å². The van der Waals surface area contributed by atoms with Crippen LogP contribution < -0.4 is 0 Å². The lowest BCUT2D eigenvalue weighted by Gasteiger charge is -2.04. The van der Waals surface area contributed by atoms with Crippen molar-refractivity contribution in [3.8, 4) is 0 Å². The van der Waals surface area contributed by atoms with Crippen molar-refractivity contribution in [3.05, 3.63) is 0 Å². The van der Waals surface area contributed by atoms with Gasteiger partial charge < -0.3 is 9.47 Å². The smallest absolute Gasteiger partial charge is 0.211 e. The average Bonchev–Trinajstić information content (AvgIpc) is 2.00. The van der Waals surface area contributed by atoms with E-state index >= 15 is 0 Å². The van der Waals surface area contributed by atoms with E-state index in [1.807, 2.05) is 0 Å². The lowest BCUT2D eigenvalue weighted by Crippen LogP contribution is -2.14. The monoisotopic (exact) mass is 226 g/mol. The molecule has 0 saturated carbocycles. The minimum atomic E-state index is -0.327. The predicted molar refractivity (Wildman–Crippen MR) is 57.2 cm³/mol. The normalized spacial score (nSPS) is 9.50. The number of rotatable bonds is 6. The summed E-state index contributed by atoms with van der Waals surface area (Å²) in [6.07, 6.45) is 0. The Labute approximate surface area is 87.6 Å². The molecule has 0 aliphatic rings. The molecule has 0 bridgehead atoms. The number of hydrogen-bond donors (Lipinski definition) is 2. The van der Waals surface area contributed by atoms with E-state index in [1.54, 1.807) is 0 Å². The third kappa shape index (κ3) is 8.32. The molecule has 0 saturated heterocycles. The van der Waals surface area contributed by atoms with Crippen LogP contribution in [0.4, 0.5) is 0 Å². The van der Waals surface area contributed by atoms with E-state index in [9.17, 15) is 4.79 Å². The Kier molecular flexibility index (Phi) is 7.99. The molecule has 70 valence electrons. The zero-order chi connectivity index (χ0) is 9.40. The summed E-state index contributed by atoms with van der Waals surface area (Å²) in [7, 11) is 0. The molecule has 0 aliphatic heterocycles. The summed E-state index contributed by atoms with van der Waals surface area (Å²) in [5.41, 5.74) is 0. The molecule has 0 aromatic heterocycles. The summed E-state index contributed by atoms with van der Waals surface area (Å²) in [4.78, 5) is 10.3. The first-order chi connectivity index (χ1) is 5.66. The molecule has 0 aromatic rings. The zero-order valence-electron chi connectivity index (χ0n) is 6.36. The highest BCUT2D eigenvalue weighted by Gasteiger charge is 1.99. The summed E-state index contributed by atoms with van der Waals surface area (Å²) < 4.78 is 9.80. The standard InChI is InChI=1S/C6H10O3S3/c7-5(11)3-8-4-6(12)9-1-2-10/h10H,1-4H2,(H,7,11). The summed E-state index contributed by atoms with van der Waals surface area (Å²) in [5, 5.41) is 0.00521. The quantitative estimate of drug-likeness (QED) is 0.517. The van der Waals surface area contributed by atoms with Crippen molar-refractivity contribution in [2.45, 2.75) is 0 Å². The van der Waals surface area contributed by atoms with Crippen LogP contribution in [0, 0.1) is 0 Å². The minimum absolute atomic E-state index is 0.0481. The summed E-state index contributed by atoms with van der Waals surface area (Å²) in [6, 6.07) is 0. The molecular formula is C6H10O3S3. The van der Waals surface area contributed by atoms with Gasteiger partial charge in [0.05, 0.1) is 6.61 Å². The fourth-order valence-electron chi connectivity index (χ4n) is 0.423. The number of hydrogen-bond acceptors (Lipinski definition) is 5. The Morgan fingerprint density at radius 1 is 1.42 bits per heavy atom. The van der Waals surface area contributed by atoms with Crippen LogP contribution in [0.5, 0.6) is 0 Å². The van der Waals surface area contributed by atoms with Gasteiger partial charge in [0.1, 0.15) is 13.2 Å². The van der Waals surface area contributed by atoms with Crippen molar-refractivity contribution < 1.29 is 14.3 Å². The molecule has 12 heavy (non-hydrogen) atoms. The zero-order valence-corrected chi connectivity index (χ0v) is 8.96. The molecule has 0 aliphatic carbocycles. The molecule has 0 atom stereocenters. The van der Waals surface area contributed by atoms with Crippen LogP contribution in [-0.2, 0) is 14.3 Å². The van der Waals surface area contributed by atoms with Crippen LogP contribution in [0.3, 0.4) is 0 Å². The van der Waals surface area contributed by atoms with E-state index in [0.29, 0.717) is 17.4 Å². The number of carbonyl (C=O) groups is 1. The van der Waals surface area contributed by atoms with Gasteiger partial charge in [-0.2, -0.15) is 12.6 Å². The summed E-state index contributed by atoms with van der Waals surface area (Å²) in [6.45, 7) is 0.559. The number of ether oxygens (including phenoxy) is 2. The van der Waals surface area contributed by atoms with Crippen molar-refractivity contribution in [1.29, 1.82) is 0 Å². The van der Waals surface area contributed by atoms with Gasteiger partial charge in [0, 0.05) is 5.75 Å². The number of thiol groups is 2.